The lowest BCUT2D eigenvalue weighted by molar-refractivity contribution is -0.154. The maximum Gasteiger partial charge on any atom is 0.310 e. The van der Waals surface area contributed by atoms with Crippen LogP contribution in [0.2, 0.25) is 0 Å². The predicted molar refractivity (Wildman–Crippen MR) is 151 cm³/mol. The molecule has 0 saturated carbocycles. The third-order valence-electron chi connectivity index (χ3n) is 8.35. The third-order valence-corrected chi connectivity index (χ3v) is 10.3. The van der Waals surface area contributed by atoms with Crippen molar-refractivity contribution in [3.8, 4) is 0 Å². The minimum Gasteiger partial charge on any atom is -0.465 e. The average Bonchev–Trinajstić information content (AvgIpc) is 3.55. The first-order valence-electron chi connectivity index (χ1n) is 13.6. The molecule has 2 unspecified atom stereocenters. The zero-order valence-electron chi connectivity index (χ0n) is 22.7. The summed E-state index contributed by atoms with van der Waals surface area (Å²) in [4.78, 5) is 45.4. The molecule has 2 amide bonds. The summed E-state index contributed by atoms with van der Waals surface area (Å²) >= 11 is 1.62. The summed E-state index contributed by atoms with van der Waals surface area (Å²) in [6, 6.07) is 4.69. The molecule has 3 aliphatic heterocycles. The van der Waals surface area contributed by atoms with Gasteiger partial charge in [-0.1, -0.05) is 31.2 Å². The zero-order valence-corrected chi connectivity index (χ0v) is 23.5. The number of hydrogen-bond acceptors (Lipinski definition) is 6. The number of esters is 1. The highest BCUT2D eigenvalue weighted by Gasteiger charge is 2.74. The second-order valence-electron chi connectivity index (χ2n) is 10.7. The summed E-state index contributed by atoms with van der Waals surface area (Å²) in [6.07, 6.45) is 6.84. The van der Waals surface area contributed by atoms with Gasteiger partial charge in [0.25, 0.3) is 5.91 Å². The Bertz CT molecular complexity index is 1100. The predicted octanol–water partition coefficient (Wildman–Crippen LogP) is 4.19. The van der Waals surface area contributed by atoms with Crippen molar-refractivity contribution in [3.63, 3.8) is 0 Å². The Kier molecular flexibility index (Phi) is 8.72. The Morgan fingerprint density at radius 1 is 1.32 bits per heavy atom. The molecule has 3 heterocycles. The van der Waals surface area contributed by atoms with Crippen LogP contribution in [0.4, 0.5) is 5.69 Å². The van der Waals surface area contributed by atoms with Crippen LogP contribution in [0.1, 0.15) is 50.2 Å². The minimum atomic E-state index is -0.787. The second-order valence-corrected chi connectivity index (χ2v) is 12.3. The number of unbranched alkanes of at least 4 members (excludes halogenated alkanes) is 1. The molecule has 206 valence electrons. The summed E-state index contributed by atoms with van der Waals surface area (Å²) in [6.45, 7) is 13.8. The molecule has 0 aromatic heterocycles. The number of aryl methyl sites for hydroxylation is 2. The van der Waals surface area contributed by atoms with Crippen molar-refractivity contribution in [1.29, 1.82) is 0 Å². The molecule has 1 aromatic carbocycles. The zero-order chi connectivity index (χ0) is 27.6. The van der Waals surface area contributed by atoms with Gasteiger partial charge in [-0.3, -0.25) is 14.4 Å². The van der Waals surface area contributed by atoms with E-state index in [1.54, 1.807) is 33.7 Å². The lowest BCUT2D eigenvalue weighted by atomic mass is 9.71. The van der Waals surface area contributed by atoms with Crippen LogP contribution in [0.5, 0.6) is 0 Å². The number of ether oxygens (including phenoxy) is 1. The van der Waals surface area contributed by atoms with Gasteiger partial charge in [0.05, 0.1) is 35.8 Å². The number of amides is 2. The van der Waals surface area contributed by atoms with E-state index in [0.29, 0.717) is 25.8 Å². The number of hydrogen-bond donors (Lipinski definition) is 1. The summed E-state index contributed by atoms with van der Waals surface area (Å²) in [7, 11) is 0. The van der Waals surface area contributed by atoms with Gasteiger partial charge >= 0.3 is 5.97 Å². The number of likely N-dealkylation sites (tertiary alicyclic amines) is 1. The van der Waals surface area contributed by atoms with Gasteiger partial charge in [-0.05, 0) is 63.1 Å². The largest absolute Gasteiger partial charge is 0.465 e. The first-order valence-corrected chi connectivity index (χ1v) is 14.5. The maximum atomic E-state index is 14.6. The van der Waals surface area contributed by atoms with Gasteiger partial charge in [0.2, 0.25) is 5.91 Å². The number of allylic oxidation sites excluding steroid dienone is 1. The van der Waals surface area contributed by atoms with Crippen LogP contribution < -0.4 is 4.90 Å². The number of anilines is 1. The number of thioether (sulfide) groups is 1. The number of nitrogens with zero attached hydrogens (tertiary/aromatic N) is 2. The molecule has 2 bridgehead atoms. The van der Waals surface area contributed by atoms with Crippen molar-refractivity contribution in [1.82, 2.24) is 4.90 Å². The van der Waals surface area contributed by atoms with Crippen LogP contribution in [-0.4, -0.2) is 69.6 Å². The SMILES string of the molecule is C=CCCCOC(=O)[C@@H]1[C@@H]2CCC3(S2)C(C(=O)N(CC=C)c2cc(C)ccc2C)N([C@@H](CC)CO)C(=O)[C@H]13. The molecule has 0 radical (unpaired) electrons. The van der Waals surface area contributed by atoms with E-state index in [2.05, 4.69) is 13.2 Å². The first kappa shape index (κ1) is 28.4. The number of benzene rings is 1. The van der Waals surface area contributed by atoms with E-state index in [0.717, 1.165) is 29.7 Å². The lowest BCUT2D eigenvalue weighted by Crippen LogP contribution is -2.57. The van der Waals surface area contributed by atoms with Crippen molar-refractivity contribution >= 4 is 35.2 Å². The molecule has 0 aliphatic carbocycles. The van der Waals surface area contributed by atoms with Gasteiger partial charge < -0.3 is 19.6 Å². The topological polar surface area (TPSA) is 87.2 Å². The molecule has 3 aliphatic rings. The fraction of sp³-hybridized carbons (Fsp3) is 0.567. The minimum absolute atomic E-state index is 0.0592. The normalized spacial score (nSPS) is 28.2. The van der Waals surface area contributed by atoms with E-state index in [-0.39, 0.29) is 36.2 Å². The molecule has 8 heteroatoms. The van der Waals surface area contributed by atoms with Crippen LogP contribution >= 0.6 is 11.8 Å². The summed E-state index contributed by atoms with van der Waals surface area (Å²) < 4.78 is 4.90. The van der Waals surface area contributed by atoms with E-state index in [1.807, 2.05) is 39.0 Å². The number of aliphatic hydroxyl groups is 1. The van der Waals surface area contributed by atoms with E-state index < -0.39 is 28.7 Å². The molecule has 3 fully saturated rings. The molecular weight excluding hydrogens is 500 g/mol. The highest BCUT2D eigenvalue weighted by molar-refractivity contribution is 8.02. The van der Waals surface area contributed by atoms with Gasteiger partial charge in [0, 0.05) is 17.5 Å². The molecule has 4 rings (SSSR count). The second kappa shape index (κ2) is 11.7. The van der Waals surface area contributed by atoms with Crippen molar-refractivity contribution in [2.24, 2.45) is 11.8 Å². The lowest BCUT2D eigenvalue weighted by Gasteiger charge is -2.39. The fourth-order valence-corrected chi connectivity index (χ4v) is 8.72. The Morgan fingerprint density at radius 3 is 2.74 bits per heavy atom. The molecule has 1 N–H and O–H groups in total. The quantitative estimate of drug-likeness (QED) is 0.243. The Hall–Kier alpha value is -2.58. The van der Waals surface area contributed by atoms with Gasteiger partial charge in [-0.15, -0.1) is 24.9 Å². The van der Waals surface area contributed by atoms with E-state index in [4.69, 9.17) is 4.74 Å². The van der Waals surface area contributed by atoms with Gasteiger partial charge in [0.1, 0.15) is 6.04 Å². The first-order chi connectivity index (χ1) is 18.2. The van der Waals surface area contributed by atoms with E-state index >= 15 is 0 Å². The number of aliphatic hydroxyl groups excluding tert-OH is 1. The maximum absolute atomic E-state index is 14.6. The van der Waals surface area contributed by atoms with Crippen LogP contribution in [0, 0.1) is 25.7 Å². The summed E-state index contributed by atoms with van der Waals surface area (Å²) in [5, 5.41) is 10.2. The Labute approximate surface area is 230 Å². The summed E-state index contributed by atoms with van der Waals surface area (Å²) in [5.74, 6) is -1.98. The number of carbonyl (C=O) groups excluding carboxylic acids is 3. The Balaban J connectivity index is 1.75. The smallest absolute Gasteiger partial charge is 0.310 e. The monoisotopic (exact) mass is 540 g/mol. The van der Waals surface area contributed by atoms with Crippen LogP contribution in [-0.2, 0) is 19.1 Å². The molecule has 1 spiro atoms. The van der Waals surface area contributed by atoms with E-state index in [9.17, 15) is 19.5 Å². The van der Waals surface area contributed by atoms with Gasteiger partial charge in [-0.25, -0.2) is 0 Å². The van der Waals surface area contributed by atoms with Crippen LogP contribution in [0.3, 0.4) is 0 Å². The highest BCUT2D eigenvalue weighted by Crippen LogP contribution is 2.67. The molecule has 3 saturated heterocycles. The standard InChI is InChI=1S/C30H40N2O5S/c1-6-9-10-16-37-29(36)24-23-13-14-30(38-23)25(24)27(34)32(21(8-3)18-33)26(30)28(35)31(15-7-2)22-17-19(4)11-12-20(22)5/h6-7,11-12,17,21,23-26,33H,1-2,8-10,13-16,18H2,3-5H3/t21-,23-,24+,25-,26?,30?/m0/s1. The third kappa shape index (κ3) is 4.70. The Morgan fingerprint density at radius 2 is 2.08 bits per heavy atom. The van der Waals surface area contributed by atoms with Crippen molar-refractivity contribution in [3.05, 3.63) is 54.6 Å². The van der Waals surface area contributed by atoms with Gasteiger partial charge in [0.15, 0.2) is 0 Å². The molecule has 6 atom stereocenters. The molecular formula is C30H40N2O5S. The van der Waals surface area contributed by atoms with Crippen molar-refractivity contribution in [2.75, 3.05) is 24.7 Å². The molecule has 7 nitrogen and oxygen atoms in total. The number of fused-ring (bicyclic) bond motifs is 1. The summed E-state index contributed by atoms with van der Waals surface area (Å²) in [5.41, 5.74) is 2.77. The van der Waals surface area contributed by atoms with Crippen molar-refractivity contribution < 1.29 is 24.2 Å². The number of carbonyl (C=O) groups is 3. The molecule has 1 aromatic rings. The van der Waals surface area contributed by atoms with Gasteiger partial charge in [-0.2, -0.15) is 0 Å². The molecule has 38 heavy (non-hydrogen) atoms. The van der Waals surface area contributed by atoms with E-state index in [1.165, 1.54) is 0 Å². The average molecular weight is 541 g/mol. The fourth-order valence-electron chi connectivity index (χ4n) is 6.54. The highest BCUT2D eigenvalue weighted by atomic mass is 32.2. The van der Waals surface area contributed by atoms with Crippen LogP contribution in [0.15, 0.2) is 43.5 Å². The van der Waals surface area contributed by atoms with Crippen molar-refractivity contribution in [2.45, 2.75) is 75.0 Å². The number of rotatable bonds is 12. The van der Waals surface area contributed by atoms with Crippen LogP contribution in [0.25, 0.3) is 0 Å².